The molecular weight excluding hydrogens is 220 g/mol. The Morgan fingerprint density at radius 1 is 1.24 bits per heavy atom. The summed E-state index contributed by atoms with van der Waals surface area (Å²) in [5.74, 6) is -1.67. The normalized spacial score (nSPS) is 11.0. The monoisotopic (exact) mass is 242 g/mol. The predicted molar refractivity (Wildman–Crippen MR) is 65.7 cm³/mol. The van der Waals surface area contributed by atoms with E-state index in [1.165, 1.54) is 0 Å². The van der Waals surface area contributed by atoms with E-state index < -0.39 is 17.5 Å². The molecule has 0 radical (unpaired) electrons. The number of hydrogen-bond donors (Lipinski definition) is 1. The van der Waals surface area contributed by atoms with E-state index in [0.29, 0.717) is 0 Å². The van der Waals surface area contributed by atoms with Crippen molar-refractivity contribution < 1.29 is 19.4 Å². The minimum absolute atomic E-state index is 0.134. The highest BCUT2D eigenvalue weighted by molar-refractivity contribution is 5.91. The summed E-state index contributed by atoms with van der Waals surface area (Å²) in [7, 11) is 0. The minimum Gasteiger partial charge on any atom is -0.478 e. The Kier molecular flexibility index (Phi) is 6.54. The van der Waals surface area contributed by atoms with Gasteiger partial charge in [0.1, 0.15) is 5.60 Å². The van der Waals surface area contributed by atoms with Gasteiger partial charge >= 0.3 is 11.9 Å². The maximum atomic E-state index is 11.6. The fraction of sp³-hybridized carbons (Fsp3) is 0.692. The summed E-state index contributed by atoms with van der Waals surface area (Å²) in [4.78, 5) is 22.1. The molecule has 0 aliphatic carbocycles. The van der Waals surface area contributed by atoms with E-state index in [1.54, 1.807) is 0 Å². The highest BCUT2D eigenvalue weighted by atomic mass is 16.6. The van der Waals surface area contributed by atoms with Crippen LogP contribution in [0.1, 0.15) is 52.9 Å². The van der Waals surface area contributed by atoms with Gasteiger partial charge in [0.25, 0.3) is 0 Å². The average molecular weight is 242 g/mol. The number of carbonyl (C=O) groups is 2. The summed E-state index contributed by atoms with van der Waals surface area (Å²) in [6, 6.07) is 0. The summed E-state index contributed by atoms with van der Waals surface area (Å²) in [5, 5.41) is 8.63. The zero-order valence-corrected chi connectivity index (χ0v) is 10.9. The molecule has 0 atom stereocenters. The molecule has 0 spiro atoms. The summed E-state index contributed by atoms with van der Waals surface area (Å²) < 4.78 is 5.38. The Bertz CT molecular complexity index is 288. The van der Waals surface area contributed by atoms with Gasteiger partial charge in [-0.2, -0.15) is 0 Å². The van der Waals surface area contributed by atoms with Gasteiger partial charge in [-0.25, -0.2) is 4.79 Å². The molecule has 4 nitrogen and oxygen atoms in total. The number of rotatable bonds is 8. The molecule has 0 aromatic carbocycles. The molecule has 0 unspecified atom stereocenters. The molecule has 0 amide bonds. The number of esters is 1. The molecule has 98 valence electrons. The number of ether oxygens (including phenoxy) is 1. The lowest BCUT2D eigenvalue weighted by atomic mass is 9.94. The zero-order chi connectivity index (χ0) is 13.5. The van der Waals surface area contributed by atoms with Gasteiger partial charge < -0.3 is 9.84 Å². The molecule has 4 heteroatoms. The van der Waals surface area contributed by atoms with Crippen LogP contribution in [-0.2, 0) is 14.3 Å². The van der Waals surface area contributed by atoms with Crippen molar-refractivity contribution in [1.82, 2.24) is 0 Å². The van der Waals surface area contributed by atoms with Crippen molar-refractivity contribution in [3.05, 3.63) is 12.2 Å². The molecule has 0 saturated carbocycles. The smallest absolute Gasteiger partial charge is 0.331 e. The molecule has 0 aliphatic heterocycles. The number of carbonyl (C=O) groups excluding carboxylic acids is 1. The number of carboxylic acid groups (broad SMARTS) is 1. The maximum Gasteiger partial charge on any atom is 0.331 e. The number of hydrogen-bond acceptors (Lipinski definition) is 3. The maximum absolute atomic E-state index is 11.6. The van der Waals surface area contributed by atoms with Gasteiger partial charge in [-0.3, -0.25) is 4.79 Å². The molecule has 0 aromatic rings. The van der Waals surface area contributed by atoms with Gasteiger partial charge in [-0.15, -0.1) is 0 Å². The van der Waals surface area contributed by atoms with Gasteiger partial charge in [0.2, 0.25) is 0 Å². The molecule has 0 bridgehead atoms. The van der Waals surface area contributed by atoms with Crippen LogP contribution < -0.4 is 0 Å². The average Bonchev–Trinajstić information content (AvgIpc) is 2.16. The molecule has 0 aliphatic rings. The van der Waals surface area contributed by atoms with Crippen molar-refractivity contribution in [3.63, 3.8) is 0 Å². The molecule has 1 N–H and O–H groups in total. The first-order valence-corrected chi connectivity index (χ1v) is 5.97. The lowest BCUT2D eigenvalue weighted by Crippen LogP contribution is -2.31. The largest absolute Gasteiger partial charge is 0.478 e. The molecule has 0 rings (SSSR count). The molecule has 0 fully saturated rings. The van der Waals surface area contributed by atoms with E-state index in [2.05, 4.69) is 6.58 Å². The van der Waals surface area contributed by atoms with E-state index in [1.807, 2.05) is 20.8 Å². The Balaban J connectivity index is 4.40. The van der Waals surface area contributed by atoms with Crippen LogP contribution in [0.2, 0.25) is 0 Å². The van der Waals surface area contributed by atoms with Crippen LogP contribution in [0.25, 0.3) is 0 Å². The molecule has 17 heavy (non-hydrogen) atoms. The fourth-order valence-corrected chi connectivity index (χ4v) is 1.85. The molecular formula is C13H22O4. The first kappa shape index (κ1) is 15.7. The highest BCUT2D eigenvalue weighted by Gasteiger charge is 2.27. The molecule has 0 heterocycles. The Morgan fingerprint density at radius 2 is 1.71 bits per heavy atom. The van der Waals surface area contributed by atoms with Gasteiger partial charge in [0.05, 0.1) is 6.42 Å². The van der Waals surface area contributed by atoms with Crippen LogP contribution in [0.15, 0.2) is 12.2 Å². The Morgan fingerprint density at radius 3 is 2.06 bits per heavy atom. The van der Waals surface area contributed by atoms with E-state index in [9.17, 15) is 9.59 Å². The summed E-state index contributed by atoms with van der Waals surface area (Å²) in [5.41, 5.74) is -0.621. The SMILES string of the molecule is C=C(CC(=O)OC(C)(CCC)CCC)C(=O)O. The second kappa shape index (κ2) is 7.09. The van der Waals surface area contributed by atoms with Crippen molar-refractivity contribution in [2.24, 2.45) is 0 Å². The highest BCUT2D eigenvalue weighted by Crippen LogP contribution is 2.24. The van der Waals surface area contributed by atoms with Crippen LogP contribution >= 0.6 is 0 Å². The van der Waals surface area contributed by atoms with Crippen LogP contribution in [0.3, 0.4) is 0 Å². The van der Waals surface area contributed by atoms with Crippen molar-refractivity contribution in [1.29, 1.82) is 0 Å². The Labute approximate surface area is 103 Å². The third-order valence-electron chi connectivity index (χ3n) is 2.58. The number of carboxylic acids is 1. The quantitative estimate of drug-likeness (QED) is 0.525. The zero-order valence-electron chi connectivity index (χ0n) is 10.9. The van der Waals surface area contributed by atoms with Crippen molar-refractivity contribution in [2.45, 2.75) is 58.5 Å². The van der Waals surface area contributed by atoms with Gasteiger partial charge in [0, 0.05) is 5.57 Å². The summed E-state index contributed by atoms with van der Waals surface area (Å²) >= 11 is 0. The first-order chi connectivity index (χ1) is 7.84. The third kappa shape index (κ3) is 6.09. The van der Waals surface area contributed by atoms with Gasteiger partial charge in [0.15, 0.2) is 0 Å². The topological polar surface area (TPSA) is 63.6 Å². The van der Waals surface area contributed by atoms with Crippen LogP contribution in [0.5, 0.6) is 0 Å². The van der Waals surface area contributed by atoms with Crippen molar-refractivity contribution >= 4 is 11.9 Å². The van der Waals surface area contributed by atoms with Gasteiger partial charge in [-0.1, -0.05) is 33.3 Å². The van der Waals surface area contributed by atoms with E-state index in [-0.39, 0.29) is 12.0 Å². The summed E-state index contributed by atoms with van der Waals surface area (Å²) in [6.45, 7) is 9.26. The van der Waals surface area contributed by atoms with Crippen LogP contribution in [0, 0.1) is 0 Å². The standard InChI is InChI=1S/C13H22O4/c1-5-7-13(4,8-6-2)17-11(14)9-10(3)12(15)16/h3,5-9H2,1-2,4H3,(H,15,16). The van der Waals surface area contributed by atoms with Crippen LogP contribution in [0.4, 0.5) is 0 Å². The lowest BCUT2D eigenvalue weighted by molar-refractivity contribution is -0.159. The van der Waals surface area contributed by atoms with E-state index in [0.717, 1.165) is 25.7 Å². The van der Waals surface area contributed by atoms with Crippen molar-refractivity contribution in [2.75, 3.05) is 0 Å². The van der Waals surface area contributed by atoms with Crippen LogP contribution in [-0.4, -0.2) is 22.6 Å². The molecule has 0 aromatic heterocycles. The van der Waals surface area contributed by atoms with E-state index in [4.69, 9.17) is 9.84 Å². The third-order valence-corrected chi connectivity index (χ3v) is 2.58. The van der Waals surface area contributed by atoms with Crippen molar-refractivity contribution in [3.8, 4) is 0 Å². The Hall–Kier alpha value is -1.32. The predicted octanol–water partition coefficient (Wildman–Crippen LogP) is 2.92. The second-order valence-corrected chi connectivity index (χ2v) is 4.51. The van der Waals surface area contributed by atoms with E-state index >= 15 is 0 Å². The minimum atomic E-state index is -1.16. The lowest BCUT2D eigenvalue weighted by Gasteiger charge is -2.29. The molecule has 0 saturated heterocycles. The first-order valence-electron chi connectivity index (χ1n) is 5.97. The number of aliphatic carboxylic acids is 1. The second-order valence-electron chi connectivity index (χ2n) is 4.51. The summed E-state index contributed by atoms with van der Waals surface area (Å²) in [6.07, 6.45) is 3.16. The van der Waals surface area contributed by atoms with Gasteiger partial charge in [-0.05, 0) is 19.8 Å². The fourth-order valence-electron chi connectivity index (χ4n) is 1.85.